The van der Waals surface area contributed by atoms with Crippen LogP contribution in [0.15, 0.2) is 40.8 Å². The first-order chi connectivity index (χ1) is 10.6. The number of aromatic amines is 1. The van der Waals surface area contributed by atoms with E-state index in [9.17, 15) is 0 Å². The molecule has 0 atom stereocenters. The van der Waals surface area contributed by atoms with Crippen LogP contribution in [0.2, 0.25) is 10.0 Å². The minimum atomic E-state index is 0.447. The van der Waals surface area contributed by atoms with Crippen molar-refractivity contribution in [2.45, 2.75) is 6.42 Å². The van der Waals surface area contributed by atoms with Gasteiger partial charge >= 0.3 is 0 Å². The van der Waals surface area contributed by atoms with Crippen LogP contribution in [0.1, 0.15) is 16.3 Å². The van der Waals surface area contributed by atoms with Crippen LogP contribution in [0, 0.1) is 4.77 Å². The summed E-state index contributed by atoms with van der Waals surface area (Å²) in [5.41, 5.74) is 0.833. The number of hydrogen-bond acceptors (Lipinski definition) is 4. The van der Waals surface area contributed by atoms with Gasteiger partial charge in [0.1, 0.15) is 0 Å². The van der Waals surface area contributed by atoms with E-state index < -0.39 is 0 Å². The average molecular weight is 369 g/mol. The molecule has 0 amide bonds. The zero-order valence-electron chi connectivity index (χ0n) is 11.2. The maximum absolute atomic E-state index is 5.99. The lowest BCUT2D eigenvalue weighted by Crippen LogP contribution is -1.99. The Kier molecular flexibility index (Phi) is 4.73. The molecule has 1 N–H and O–H groups in total. The van der Waals surface area contributed by atoms with Gasteiger partial charge in [0.15, 0.2) is 5.82 Å². The molecule has 0 radical (unpaired) electrons. The Balaban J connectivity index is 1.88. The molecule has 0 unspecified atom stereocenters. The summed E-state index contributed by atoms with van der Waals surface area (Å²) in [5, 5.41) is 14.4. The molecule has 2 aromatic heterocycles. The zero-order valence-corrected chi connectivity index (χ0v) is 14.3. The van der Waals surface area contributed by atoms with E-state index in [0.717, 1.165) is 11.4 Å². The normalized spacial score (nSPS) is 11.4. The van der Waals surface area contributed by atoms with Gasteiger partial charge in [-0.15, -0.1) is 11.3 Å². The van der Waals surface area contributed by atoms with Crippen LogP contribution >= 0.6 is 46.8 Å². The molecule has 0 bridgehead atoms. The molecule has 0 aliphatic carbocycles. The van der Waals surface area contributed by atoms with Crippen LogP contribution in [-0.4, -0.2) is 21.1 Å². The third-order valence-electron chi connectivity index (χ3n) is 2.90. The van der Waals surface area contributed by atoms with Gasteiger partial charge < -0.3 is 0 Å². The van der Waals surface area contributed by atoms with E-state index in [1.807, 2.05) is 17.5 Å². The topological polar surface area (TPSA) is 46.0 Å². The van der Waals surface area contributed by atoms with Crippen molar-refractivity contribution in [2.75, 3.05) is 0 Å². The number of rotatable bonds is 4. The summed E-state index contributed by atoms with van der Waals surface area (Å²) in [6, 6.07) is 9.36. The second-order valence-electron chi connectivity index (χ2n) is 4.43. The molecule has 3 aromatic rings. The fraction of sp³-hybridized carbons (Fsp3) is 0.0714. The minimum absolute atomic E-state index is 0.447. The highest BCUT2D eigenvalue weighted by molar-refractivity contribution is 7.71. The molecule has 0 saturated carbocycles. The van der Waals surface area contributed by atoms with E-state index in [2.05, 4.69) is 21.4 Å². The third kappa shape index (κ3) is 3.47. The van der Waals surface area contributed by atoms with Gasteiger partial charge in [0, 0.05) is 11.3 Å². The van der Waals surface area contributed by atoms with E-state index in [1.165, 1.54) is 4.88 Å². The highest BCUT2D eigenvalue weighted by Crippen LogP contribution is 2.22. The lowest BCUT2D eigenvalue weighted by atomic mass is 10.2. The van der Waals surface area contributed by atoms with Crippen LogP contribution in [0.25, 0.3) is 0 Å². The number of halogens is 2. The fourth-order valence-electron chi connectivity index (χ4n) is 1.84. The summed E-state index contributed by atoms with van der Waals surface area (Å²) in [6.07, 6.45) is 2.34. The lowest BCUT2D eigenvalue weighted by molar-refractivity contribution is 0.795. The standard InChI is InChI=1S/C14H10Cl2N4S2/c15-11-4-3-9(6-12(11)16)8-17-20-13(18-19-14(20)21)7-10-2-1-5-22-10/h1-6,8H,7H2,(H,19,21)/b17-8-. The van der Waals surface area contributed by atoms with Gasteiger partial charge in [-0.2, -0.15) is 14.9 Å². The van der Waals surface area contributed by atoms with Crippen molar-refractivity contribution < 1.29 is 0 Å². The smallest absolute Gasteiger partial charge is 0.216 e. The summed E-state index contributed by atoms with van der Waals surface area (Å²) < 4.78 is 2.06. The number of hydrogen-bond donors (Lipinski definition) is 1. The molecule has 0 aliphatic heterocycles. The molecule has 8 heteroatoms. The molecule has 3 rings (SSSR count). The van der Waals surface area contributed by atoms with Gasteiger partial charge in [-0.3, -0.25) is 5.10 Å². The Morgan fingerprint density at radius 1 is 1.32 bits per heavy atom. The van der Waals surface area contributed by atoms with Crippen LogP contribution < -0.4 is 0 Å². The number of benzene rings is 1. The largest absolute Gasteiger partial charge is 0.250 e. The van der Waals surface area contributed by atoms with E-state index in [4.69, 9.17) is 35.4 Å². The van der Waals surface area contributed by atoms with E-state index in [1.54, 1.807) is 34.4 Å². The minimum Gasteiger partial charge on any atom is -0.250 e. The zero-order chi connectivity index (χ0) is 15.5. The first kappa shape index (κ1) is 15.4. The molecule has 0 spiro atoms. The molecule has 0 aliphatic rings. The number of nitrogens with one attached hydrogen (secondary N) is 1. The van der Waals surface area contributed by atoms with Gasteiger partial charge in [-0.05, 0) is 41.4 Å². The van der Waals surface area contributed by atoms with Crippen molar-refractivity contribution in [3.05, 3.63) is 66.8 Å². The second kappa shape index (κ2) is 6.75. The second-order valence-corrected chi connectivity index (χ2v) is 6.66. The highest BCUT2D eigenvalue weighted by atomic mass is 35.5. The number of thiophene rings is 1. The van der Waals surface area contributed by atoms with Crippen LogP contribution in [-0.2, 0) is 6.42 Å². The Morgan fingerprint density at radius 3 is 2.91 bits per heavy atom. The summed E-state index contributed by atoms with van der Waals surface area (Å²) >= 11 is 18.8. The summed E-state index contributed by atoms with van der Waals surface area (Å²) in [7, 11) is 0. The predicted octanol–water partition coefficient (Wildman–Crippen LogP) is 4.78. The number of H-pyrrole nitrogens is 1. The molecule has 0 saturated heterocycles. The Bertz CT molecular complexity index is 865. The maximum Gasteiger partial charge on any atom is 0.216 e. The van der Waals surface area contributed by atoms with Gasteiger partial charge in [-0.25, -0.2) is 0 Å². The first-order valence-corrected chi connectivity index (χ1v) is 8.36. The van der Waals surface area contributed by atoms with Crippen molar-refractivity contribution in [3.63, 3.8) is 0 Å². The van der Waals surface area contributed by atoms with Gasteiger partial charge in [0.25, 0.3) is 0 Å². The Labute approximate surface area is 146 Å². The summed E-state index contributed by atoms with van der Waals surface area (Å²) in [6.45, 7) is 0. The average Bonchev–Trinajstić information content (AvgIpc) is 3.12. The van der Waals surface area contributed by atoms with Crippen LogP contribution in [0.4, 0.5) is 0 Å². The molecule has 4 nitrogen and oxygen atoms in total. The molecular formula is C14H10Cl2N4S2. The molecular weight excluding hydrogens is 359 g/mol. The van der Waals surface area contributed by atoms with Gasteiger partial charge in [-0.1, -0.05) is 35.3 Å². The number of aromatic nitrogens is 3. The van der Waals surface area contributed by atoms with Crippen molar-refractivity contribution in [1.82, 2.24) is 14.9 Å². The molecule has 22 heavy (non-hydrogen) atoms. The first-order valence-electron chi connectivity index (χ1n) is 6.31. The van der Waals surface area contributed by atoms with Crippen molar-refractivity contribution in [1.29, 1.82) is 0 Å². The Hall–Kier alpha value is -1.47. The monoisotopic (exact) mass is 368 g/mol. The van der Waals surface area contributed by atoms with Gasteiger partial charge in [0.05, 0.1) is 16.3 Å². The highest BCUT2D eigenvalue weighted by Gasteiger charge is 2.07. The summed E-state index contributed by atoms with van der Waals surface area (Å²) in [4.78, 5) is 1.19. The molecule has 1 aromatic carbocycles. The quantitative estimate of drug-likeness (QED) is 0.531. The SMILES string of the molecule is S=c1[nH]nc(Cc2cccs2)n1/N=C\c1ccc(Cl)c(Cl)c1. The predicted molar refractivity (Wildman–Crippen MR) is 94.0 cm³/mol. The van der Waals surface area contributed by atoms with Crippen molar-refractivity contribution in [3.8, 4) is 0 Å². The van der Waals surface area contributed by atoms with E-state index in [0.29, 0.717) is 21.2 Å². The van der Waals surface area contributed by atoms with Gasteiger partial charge in [0.2, 0.25) is 4.77 Å². The van der Waals surface area contributed by atoms with Crippen LogP contribution in [0.3, 0.4) is 0 Å². The maximum atomic E-state index is 5.99. The molecule has 112 valence electrons. The van der Waals surface area contributed by atoms with Crippen molar-refractivity contribution >= 4 is 53.0 Å². The lowest BCUT2D eigenvalue weighted by Gasteiger charge is -2.00. The molecule has 2 heterocycles. The molecule has 0 fully saturated rings. The van der Waals surface area contributed by atoms with Crippen LogP contribution in [0.5, 0.6) is 0 Å². The Morgan fingerprint density at radius 2 is 2.18 bits per heavy atom. The van der Waals surface area contributed by atoms with Crippen molar-refractivity contribution in [2.24, 2.45) is 5.10 Å². The third-order valence-corrected chi connectivity index (χ3v) is 4.78. The number of nitrogens with zero attached hydrogens (tertiary/aromatic N) is 3. The van der Waals surface area contributed by atoms with E-state index in [-0.39, 0.29) is 0 Å². The summed E-state index contributed by atoms with van der Waals surface area (Å²) in [5.74, 6) is 0.753. The fourth-order valence-corrected chi connectivity index (χ4v) is 3.05. The van der Waals surface area contributed by atoms with E-state index >= 15 is 0 Å².